The minimum atomic E-state index is -0.995. The van der Waals surface area contributed by atoms with Crippen LogP contribution in [0.4, 0.5) is 11.4 Å². The molecular weight excluding hydrogens is 352 g/mol. The summed E-state index contributed by atoms with van der Waals surface area (Å²) in [6, 6.07) is 15.1. The first kappa shape index (κ1) is 19.9. The Kier molecular flexibility index (Phi) is 5.73. The highest BCUT2D eigenvalue weighted by molar-refractivity contribution is 6.17. The van der Waals surface area contributed by atoms with Crippen molar-refractivity contribution in [3.05, 3.63) is 54.1 Å². The molecule has 1 fully saturated rings. The topological polar surface area (TPSA) is 58.6 Å². The van der Waals surface area contributed by atoms with Gasteiger partial charge >= 0.3 is 0 Å². The molecule has 148 valence electrons. The van der Waals surface area contributed by atoms with E-state index in [-0.39, 0.29) is 17.9 Å². The van der Waals surface area contributed by atoms with Gasteiger partial charge < -0.3 is 15.0 Å². The summed E-state index contributed by atoms with van der Waals surface area (Å²) in [7, 11) is 0. The lowest BCUT2D eigenvalue weighted by Gasteiger charge is -2.26. The molecule has 0 radical (unpaired) electrons. The molecule has 0 unspecified atom stereocenters. The summed E-state index contributed by atoms with van der Waals surface area (Å²) in [5.74, 6) is 0.212. The summed E-state index contributed by atoms with van der Waals surface area (Å²) in [4.78, 5) is 28.1. The van der Waals surface area contributed by atoms with Crippen molar-refractivity contribution in [1.82, 2.24) is 0 Å². The van der Waals surface area contributed by atoms with Crippen LogP contribution in [0.15, 0.2) is 48.5 Å². The number of amides is 2. The third kappa shape index (κ3) is 4.03. The second kappa shape index (κ2) is 8.05. The maximum atomic E-state index is 13.3. The van der Waals surface area contributed by atoms with E-state index in [1.54, 1.807) is 11.0 Å². The Labute approximate surface area is 166 Å². The van der Waals surface area contributed by atoms with E-state index in [9.17, 15) is 9.59 Å². The quantitative estimate of drug-likeness (QED) is 0.717. The molecule has 1 aliphatic rings. The third-order valence-electron chi connectivity index (χ3n) is 4.97. The summed E-state index contributed by atoms with van der Waals surface area (Å²) >= 11 is 0. The molecule has 5 nitrogen and oxygen atoms in total. The summed E-state index contributed by atoms with van der Waals surface area (Å²) < 4.78 is 5.78. The fourth-order valence-electron chi connectivity index (χ4n) is 3.33. The minimum Gasteiger partial charge on any atom is -0.489 e. The average Bonchev–Trinajstić information content (AvgIpc) is 3.45. The molecule has 0 aliphatic heterocycles. The van der Waals surface area contributed by atoms with E-state index in [1.165, 1.54) is 0 Å². The lowest BCUT2D eigenvalue weighted by Crippen LogP contribution is -2.43. The number of rotatable bonds is 7. The van der Waals surface area contributed by atoms with Gasteiger partial charge in [-0.3, -0.25) is 9.59 Å². The van der Waals surface area contributed by atoms with E-state index in [1.807, 2.05) is 70.2 Å². The zero-order valence-electron chi connectivity index (χ0n) is 17.0. The number of para-hydroxylation sites is 2. The van der Waals surface area contributed by atoms with Gasteiger partial charge in [-0.1, -0.05) is 24.3 Å². The molecule has 0 atom stereocenters. The van der Waals surface area contributed by atoms with Gasteiger partial charge in [0.1, 0.15) is 11.2 Å². The highest BCUT2D eigenvalue weighted by Gasteiger charge is 2.58. The number of anilines is 2. The van der Waals surface area contributed by atoms with E-state index >= 15 is 0 Å². The second-order valence-electron chi connectivity index (χ2n) is 7.59. The van der Waals surface area contributed by atoms with Crippen molar-refractivity contribution in [3.8, 4) is 5.75 Å². The SMILES string of the molecule is CCN(C(=O)C1(C(=O)Nc2ccccc2OC(C)C)CC1)c1cccc(C)c1. The molecule has 0 heterocycles. The molecule has 3 rings (SSSR count). The van der Waals surface area contributed by atoms with Crippen LogP contribution in [0.1, 0.15) is 39.2 Å². The summed E-state index contributed by atoms with van der Waals surface area (Å²) in [5, 5.41) is 2.93. The standard InChI is InChI=1S/C23H28N2O3/c1-5-25(18-10-8-9-17(4)15-18)22(27)23(13-14-23)21(26)24-19-11-6-7-12-20(19)28-16(2)3/h6-12,15-16H,5,13-14H2,1-4H3,(H,24,26). The van der Waals surface area contributed by atoms with Crippen LogP contribution in [-0.4, -0.2) is 24.5 Å². The smallest absolute Gasteiger partial charge is 0.242 e. The number of ether oxygens (including phenoxy) is 1. The van der Waals surface area contributed by atoms with Crippen LogP contribution in [0.25, 0.3) is 0 Å². The van der Waals surface area contributed by atoms with Gasteiger partial charge in [-0.25, -0.2) is 0 Å². The first-order valence-corrected chi connectivity index (χ1v) is 9.83. The Hall–Kier alpha value is -2.82. The molecule has 2 aromatic carbocycles. The maximum absolute atomic E-state index is 13.3. The molecule has 0 saturated heterocycles. The lowest BCUT2D eigenvalue weighted by molar-refractivity contribution is -0.132. The van der Waals surface area contributed by atoms with E-state index in [2.05, 4.69) is 5.32 Å². The Morgan fingerprint density at radius 2 is 1.86 bits per heavy atom. The van der Waals surface area contributed by atoms with Crippen LogP contribution in [-0.2, 0) is 9.59 Å². The van der Waals surface area contributed by atoms with Gasteiger partial charge in [-0.2, -0.15) is 0 Å². The van der Waals surface area contributed by atoms with E-state index in [0.717, 1.165) is 11.3 Å². The van der Waals surface area contributed by atoms with E-state index < -0.39 is 5.41 Å². The maximum Gasteiger partial charge on any atom is 0.242 e. The molecule has 0 spiro atoms. The number of hydrogen-bond acceptors (Lipinski definition) is 3. The van der Waals surface area contributed by atoms with E-state index in [0.29, 0.717) is 30.8 Å². The molecule has 5 heteroatoms. The number of nitrogens with zero attached hydrogens (tertiary/aromatic N) is 1. The Morgan fingerprint density at radius 1 is 1.14 bits per heavy atom. The Bertz CT molecular complexity index is 872. The van der Waals surface area contributed by atoms with Crippen LogP contribution in [0, 0.1) is 12.3 Å². The van der Waals surface area contributed by atoms with Crippen molar-refractivity contribution in [2.24, 2.45) is 5.41 Å². The molecule has 2 aromatic rings. The van der Waals surface area contributed by atoms with Gasteiger partial charge in [0.25, 0.3) is 0 Å². The number of carbonyl (C=O) groups excluding carboxylic acids is 2. The zero-order chi connectivity index (χ0) is 20.3. The van der Waals surface area contributed by atoms with Crippen molar-refractivity contribution < 1.29 is 14.3 Å². The number of hydrogen-bond donors (Lipinski definition) is 1. The highest BCUT2D eigenvalue weighted by atomic mass is 16.5. The van der Waals surface area contributed by atoms with Gasteiger partial charge in [0, 0.05) is 12.2 Å². The number of aryl methyl sites for hydroxylation is 1. The van der Waals surface area contributed by atoms with Crippen molar-refractivity contribution in [1.29, 1.82) is 0 Å². The second-order valence-corrected chi connectivity index (χ2v) is 7.59. The number of carbonyl (C=O) groups is 2. The third-order valence-corrected chi connectivity index (χ3v) is 4.97. The van der Waals surface area contributed by atoms with Crippen LogP contribution < -0.4 is 15.0 Å². The van der Waals surface area contributed by atoms with Crippen LogP contribution in [0.5, 0.6) is 5.75 Å². The summed E-state index contributed by atoms with van der Waals surface area (Å²) in [6.07, 6.45) is 1.12. The largest absolute Gasteiger partial charge is 0.489 e. The highest BCUT2D eigenvalue weighted by Crippen LogP contribution is 2.49. The van der Waals surface area contributed by atoms with Crippen LogP contribution >= 0.6 is 0 Å². The van der Waals surface area contributed by atoms with Crippen molar-refractivity contribution in [3.63, 3.8) is 0 Å². The Morgan fingerprint density at radius 3 is 2.46 bits per heavy atom. The number of nitrogens with one attached hydrogen (secondary N) is 1. The average molecular weight is 380 g/mol. The fraction of sp³-hybridized carbons (Fsp3) is 0.391. The molecule has 0 bridgehead atoms. The molecule has 1 aliphatic carbocycles. The predicted molar refractivity (Wildman–Crippen MR) is 112 cm³/mol. The van der Waals surface area contributed by atoms with Crippen molar-refractivity contribution in [2.75, 3.05) is 16.8 Å². The first-order valence-electron chi connectivity index (χ1n) is 9.83. The summed E-state index contributed by atoms with van der Waals surface area (Å²) in [5.41, 5.74) is 1.51. The lowest BCUT2D eigenvalue weighted by atomic mass is 10.0. The molecule has 28 heavy (non-hydrogen) atoms. The molecule has 1 N–H and O–H groups in total. The first-order chi connectivity index (χ1) is 13.4. The normalized spacial score (nSPS) is 14.5. The molecular formula is C23H28N2O3. The van der Waals surface area contributed by atoms with Crippen molar-refractivity contribution in [2.45, 2.75) is 46.6 Å². The van der Waals surface area contributed by atoms with Gasteiger partial charge in [-0.05, 0) is 70.4 Å². The predicted octanol–water partition coefficient (Wildman–Crippen LogP) is 4.55. The zero-order valence-corrected chi connectivity index (χ0v) is 17.0. The van der Waals surface area contributed by atoms with Gasteiger partial charge in [0.05, 0.1) is 11.8 Å². The van der Waals surface area contributed by atoms with E-state index in [4.69, 9.17) is 4.74 Å². The molecule has 1 saturated carbocycles. The minimum absolute atomic E-state index is 0.00790. The number of benzene rings is 2. The fourth-order valence-corrected chi connectivity index (χ4v) is 3.33. The monoisotopic (exact) mass is 380 g/mol. The van der Waals surface area contributed by atoms with Gasteiger partial charge in [-0.15, -0.1) is 0 Å². The molecule has 0 aromatic heterocycles. The summed E-state index contributed by atoms with van der Waals surface area (Å²) in [6.45, 7) is 8.31. The van der Waals surface area contributed by atoms with Gasteiger partial charge in [0.2, 0.25) is 11.8 Å². The van der Waals surface area contributed by atoms with Crippen LogP contribution in [0.3, 0.4) is 0 Å². The Balaban J connectivity index is 1.81. The van der Waals surface area contributed by atoms with Gasteiger partial charge in [0.15, 0.2) is 0 Å². The molecule has 2 amide bonds. The van der Waals surface area contributed by atoms with Crippen molar-refractivity contribution >= 4 is 23.2 Å². The van der Waals surface area contributed by atoms with Crippen LogP contribution in [0.2, 0.25) is 0 Å².